The van der Waals surface area contributed by atoms with Crippen molar-refractivity contribution in [1.29, 1.82) is 0 Å². The van der Waals surface area contributed by atoms with Gasteiger partial charge in [-0.3, -0.25) is 4.57 Å². The standard InChI is InChI=1S/C14H19FN4OS/c1-3-6-19-13(20)17-18-14(19)21-12-5-4-11(15)8-10(12)7-9(2)16/h4-5,8-9H,3,6-7,16H2,1-2H3,(H,17,20). The highest BCUT2D eigenvalue weighted by Crippen LogP contribution is 2.29. The first-order valence-electron chi connectivity index (χ1n) is 6.88. The van der Waals surface area contributed by atoms with E-state index in [1.807, 2.05) is 13.8 Å². The summed E-state index contributed by atoms with van der Waals surface area (Å²) < 4.78 is 15.0. The van der Waals surface area contributed by atoms with E-state index in [0.29, 0.717) is 18.1 Å². The van der Waals surface area contributed by atoms with Crippen molar-refractivity contribution in [1.82, 2.24) is 14.8 Å². The summed E-state index contributed by atoms with van der Waals surface area (Å²) in [4.78, 5) is 12.6. The van der Waals surface area contributed by atoms with Gasteiger partial charge in [-0.15, -0.1) is 5.10 Å². The van der Waals surface area contributed by atoms with Crippen molar-refractivity contribution in [3.8, 4) is 0 Å². The summed E-state index contributed by atoms with van der Waals surface area (Å²) in [5.74, 6) is -0.289. The highest BCUT2D eigenvalue weighted by Gasteiger charge is 2.13. The van der Waals surface area contributed by atoms with Crippen LogP contribution in [0.3, 0.4) is 0 Å². The summed E-state index contributed by atoms with van der Waals surface area (Å²) in [5.41, 5.74) is 6.41. The number of nitrogens with one attached hydrogen (secondary N) is 1. The maximum Gasteiger partial charge on any atom is 0.343 e. The first kappa shape index (κ1) is 15.8. The van der Waals surface area contributed by atoms with Crippen molar-refractivity contribution in [2.45, 2.75) is 49.3 Å². The Hall–Kier alpha value is -1.60. The predicted molar refractivity (Wildman–Crippen MR) is 81.0 cm³/mol. The van der Waals surface area contributed by atoms with Crippen molar-refractivity contribution >= 4 is 11.8 Å². The van der Waals surface area contributed by atoms with E-state index in [1.54, 1.807) is 10.6 Å². The van der Waals surface area contributed by atoms with Crippen molar-refractivity contribution in [2.75, 3.05) is 0 Å². The average molecular weight is 310 g/mol. The van der Waals surface area contributed by atoms with Crippen molar-refractivity contribution in [3.63, 3.8) is 0 Å². The Bertz CT molecular complexity index is 665. The zero-order chi connectivity index (χ0) is 15.4. The van der Waals surface area contributed by atoms with Crippen LogP contribution in [0.2, 0.25) is 0 Å². The van der Waals surface area contributed by atoms with Gasteiger partial charge in [0, 0.05) is 17.5 Å². The van der Waals surface area contributed by atoms with E-state index in [1.165, 1.54) is 23.9 Å². The molecule has 3 N–H and O–H groups in total. The van der Waals surface area contributed by atoms with Crippen LogP contribution in [0, 0.1) is 5.82 Å². The molecule has 0 aliphatic carbocycles. The SMILES string of the molecule is CCCn1c(Sc2ccc(F)cc2CC(C)N)n[nH]c1=O. The van der Waals surface area contributed by atoms with Gasteiger partial charge in [0.05, 0.1) is 0 Å². The number of nitrogens with two attached hydrogens (primary N) is 1. The van der Waals surface area contributed by atoms with Gasteiger partial charge in [-0.25, -0.2) is 14.3 Å². The summed E-state index contributed by atoms with van der Waals surface area (Å²) in [7, 11) is 0. The Morgan fingerprint density at radius 3 is 2.95 bits per heavy atom. The lowest BCUT2D eigenvalue weighted by Crippen LogP contribution is -2.18. The molecule has 0 bridgehead atoms. The molecule has 1 aromatic carbocycles. The average Bonchev–Trinajstić information content (AvgIpc) is 2.74. The molecule has 0 aliphatic rings. The number of rotatable bonds is 6. The number of halogens is 1. The minimum atomic E-state index is -0.289. The van der Waals surface area contributed by atoms with Gasteiger partial charge < -0.3 is 5.73 Å². The Balaban J connectivity index is 2.33. The summed E-state index contributed by atoms with van der Waals surface area (Å²) in [6.45, 7) is 4.47. The Kier molecular flexibility index (Phi) is 5.19. The van der Waals surface area contributed by atoms with Crippen LogP contribution in [0.15, 0.2) is 33.0 Å². The summed E-state index contributed by atoms with van der Waals surface area (Å²) in [6.07, 6.45) is 1.41. The van der Waals surface area contributed by atoms with Gasteiger partial charge in [-0.2, -0.15) is 0 Å². The molecule has 21 heavy (non-hydrogen) atoms. The molecule has 0 aliphatic heterocycles. The topological polar surface area (TPSA) is 76.7 Å². The molecule has 5 nitrogen and oxygen atoms in total. The summed E-state index contributed by atoms with van der Waals surface area (Å²) in [5, 5.41) is 7.07. The number of nitrogens with zero attached hydrogens (tertiary/aromatic N) is 2. The zero-order valence-electron chi connectivity index (χ0n) is 12.1. The second kappa shape index (κ2) is 6.91. The zero-order valence-corrected chi connectivity index (χ0v) is 12.9. The van der Waals surface area contributed by atoms with Crippen molar-refractivity contribution in [2.24, 2.45) is 5.73 Å². The lowest BCUT2D eigenvalue weighted by Gasteiger charge is -2.11. The smallest absolute Gasteiger partial charge is 0.328 e. The molecule has 2 aromatic rings. The van der Waals surface area contributed by atoms with Gasteiger partial charge in [0.15, 0.2) is 5.16 Å². The Morgan fingerprint density at radius 2 is 2.29 bits per heavy atom. The van der Waals surface area contributed by atoms with Gasteiger partial charge in [0.25, 0.3) is 0 Å². The molecular formula is C14H19FN4OS. The van der Waals surface area contributed by atoms with E-state index in [9.17, 15) is 9.18 Å². The van der Waals surface area contributed by atoms with Crippen LogP contribution in [-0.4, -0.2) is 20.8 Å². The fraction of sp³-hybridized carbons (Fsp3) is 0.429. The molecule has 1 aromatic heterocycles. The third-order valence-corrected chi connectivity index (χ3v) is 4.05. The molecule has 0 saturated heterocycles. The van der Waals surface area contributed by atoms with Gasteiger partial charge in [-0.1, -0.05) is 6.92 Å². The van der Waals surface area contributed by atoms with Crippen LogP contribution >= 0.6 is 11.8 Å². The molecule has 0 saturated carbocycles. The number of benzene rings is 1. The number of aromatic nitrogens is 3. The van der Waals surface area contributed by atoms with Crippen LogP contribution in [0.4, 0.5) is 4.39 Å². The number of hydrogen-bond acceptors (Lipinski definition) is 4. The fourth-order valence-corrected chi connectivity index (χ4v) is 3.04. The molecule has 0 radical (unpaired) electrons. The second-order valence-corrected chi connectivity index (χ2v) is 6.01. The molecule has 1 atom stereocenters. The quantitative estimate of drug-likeness (QED) is 0.857. The summed E-state index contributed by atoms with van der Waals surface area (Å²) >= 11 is 1.35. The molecule has 0 fully saturated rings. The van der Waals surface area contributed by atoms with Gasteiger partial charge in [0.1, 0.15) is 5.82 Å². The second-order valence-electron chi connectivity index (χ2n) is 5.00. The molecule has 2 rings (SSSR count). The van der Waals surface area contributed by atoms with E-state index in [0.717, 1.165) is 16.9 Å². The molecule has 0 spiro atoms. The van der Waals surface area contributed by atoms with Gasteiger partial charge >= 0.3 is 5.69 Å². The molecule has 114 valence electrons. The fourth-order valence-electron chi connectivity index (χ4n) is 2.05. The monoisotopic (exact) mass is 310 g/mol. The van der Waals surface area contributed by atoms with E-state index < -0.39 is 0 Å². The third kappa shape index (κ3) is 3.95. The predicted octanol–water partition coefficient (Wildman–Crippen LogP) is 2.16. The van der Waals surface area contributed by atoms with Gasteiger partial charge in [-0.05, 0) is 55.3 Å². The number of aromatic amines is 1. The van der Waals surface area contributed by atoms with Crippen molar-refractivity contribution < 1.29 is 4.39 Å². The maximum absolute atomic E-state index is 13.4. The van der Waals surface area contributed by atoms with Crippen LogP contribution in [0.25, 0.3) is 0 Å². The van der Waals surface area contributed by atoms with Crippen LogP contribution in [0.5, 0.6) is 0 Å². The number of H-pyrrole nitrogens is 1. The lowest BCUT2D eigenvalue weighted by atomic mass is 10.1. The molecular weight excluding hydrogens is 291 g/mol. The first-order chi connectivity index (χ1) is 10.0. The normalized spacial score (nSPS) is 12.6. The molecule has 1 unspecified atom stereocenters. The van der Waals surface area contributed by atoms with Crippen molar-refractivity contribution in [3.05, 3.63) is 40.1 Å². The molecule has 1 heterocycles. The van der Waals surface area contributed by atoms with Gasteiger partial charge in [0.2, 0.25) is 0 Å². The number of hydrogen-bond donors (Lipinski definition) is 2. The lowest BCUT2D eigenvalue weighted by molar-refractivity contribution is 0.603. The van der Waals surface area contributed by atoms with Crippen LogP contribution in [-0.2, 0) is 13.0 Å². The molecule has 0 amide bonds. The van der Waals surface area contributed by atoms with E-state index in [-0.39, 0.29) is 17.5 Å². The minimum Gasteiger partial charge on any atom is -0.328 e. The highest BCUT2D eigenvalue weighted by molar-refractivity contribution is 7.99. The first-order valence-corrected chi connectivity index (χ1v) is 7.70. The minimum absolute atomic E-state index is 0.0665. The highest BCUT2D eigenvalue weighted by atomic mass is 32.2. The Labute approximate surface area is 126 Å². The van der Waals surface area contributed by atoms with Crippen LogP contribution in [0.1, 0.15) is 25.8 Å². The van der Waals surface area contributed by atoms with E-state index in [2.05, 4.69) is 10.2 Å². The van der Waals surface area contributed by atoms with E-state index in [4.69, 9.17) is 5.73 Å². The van der Waals surface area contributed by atoms with E-state index >= 15 is 0 Å². The Morgan fingerprint density at radius 1 is 1.52 bits per heavy atom. The van der Waals surface area contributed by atoms with Crippen LogP contribution < -0.4 is 11.4 Å². The third-order valence-electron chi connectivity index (χ3n) is 2.94. The maximum atomic E-state index is 13.4. The largest absolute Gasteiger partial charge is 0.343 e. The summed E-state index contributed by atoms with van der Waals surface area (Å²) in [6, 6.07) is 4.53. The molecule has 7 heteroatoms.